The van der Waals surface area contributed by atoms with Crippen molar-refractivity contribution < 1.29 is 23.0 Å². The lowest BCUT2D eigenvalue weighted by atomic mass is 10.2. The number of piperazine rings is 1. The van der Waals surface area contributed by atoms with Crippen LogP contribution < -0.4 is 14.5 Å². The van der Waals surface area contributed by atoms with E-state index in [-0.39, 0.29) is 16.5 Å². The molecule has 1 saturated heterocycles. The standard InChI is InChI=1S/C19H24F3N3O3S/c20-19(21,22)14-28-16-6-2-1-5-15(16)24-11-9-23(10-12-24)7-3-4-8-25-17(26)13-29-18(25)27/h1-2,5-6,13,26H,3-4,7-12,14H2. The van der Waals surface area contributed by atoms with E-state index in [0.29, 0.717) is 25.3 Å². The van der Waals surface area contributed by atoms with Gasteiger partial charge in [-0.15, -0.1) is 0 Å². The third kappa shape index (κ3) is 6.14. The molecule has 0 atom stereocenters. The number of aromatic nitrogens is 1. The zero-order valence-electron chi connectivity index (χ0n) is 15.9. The number of anilines is 1. The molecule has 1 aliphatic rings. The average molecular weight is 431 g/mol. The molecule has 29 heavy (non-hydrogen) atoms. The van der Waals surface area contributed by atoms with E-state index in [0.717, 1.165) is 43.8 Å². The number of halogens is 3. The molecule has 0 spiro atoms. The summed E-state index contributed by atoms with van der Waals surface area (Å²) in [5, 5.41) is 11.0. The average Bonchev–Trinajstić information content (AvgIpc) is 3.02. The lowest BCUT2D eigenvalue weighted by molar-refractivity contribution is -0.153. The summed E-state index contributed by atoms with van der Waals surface area (Å²) in [5.74, 6) is 0.263. The number of ether oxygens (including phenoxy) is 1. The third-order valence-electron chi connectivity index (χ3n) is 4.84. The van der Waals surface area contributed by atoms with Crippen molar-refractivity contribution in [3.8, 4) is 11.6 Å². The van der Waals surface area contributed by atoms with Gasteiger partial charge >= 0.3 is 11.0 Å². The van der Waals surface area contributed by atoms with Crippen molar-refractivity contribution in [3.05, 3.63) is 39.3 Å². The van der Waals surface area contributed by atoms with Gasteiger partial charge in [-0.1, -0.05) is 23.5 Å². The monoisotopic (exact) mass is 431 g/mol. The quantitative estimate of drug-likeness (QED) is 0.651. The first kappa shape index (κ1) is 21.5. The molecule has 0 aliphatic carbocycles. The Bertz CT molecular complexity index is 845. The first-order valence-electron chi connectivity index (χ1n) is 9.47. The van der Waals surface area contributed by atoms with Gasteiger partial charge in [0.05, 0.1) is 11.1 Å². The summed E-state index contributed by atoms with van der Waals surface area (Å²) >= 11 is 0.990. The van der Waals surface area contributed by atoms with E-state index in [9.17, 15) is 23.1 Å². The Morgan fingerprint density at radius 3 is 2.41 bits per heavy atom. The molecule has 2 aromatic rings. The summed E-state index contributed by atoms with van der Waals surface area (Å²) in [6, 6.07) is 6.81. The minimum absolute atomic E-state index is 0.0139. The maximum atomic E-state index is 12.5. The largest absolute Gasteiger partial charge is 0.494 e. The van der Waals surface area contributed by atoms with Crippen LogP contribution >= 0.6 is 11.3 Å². The van der Waals surface area contributed by atoms with Gasteiger partial charge in [0.25, 0.3) is 0 Å². The summed E-state index contributed by atoms with van der Waals surface area (Å²) in [6.45, 7) is 3.09. The highest BCUT2D eigenvalue weighted by Crippen LogP contribution is 2.30. The van der Waals surface area contributed by atoms with Gasteiger partial charge in [0.15, 0.2) is 6.61 Å². The Labute approximate surface area is 170 Å². The smallest absolute Gasteiger partial charge is 0.422 e. The predicted octanol–water partition coefficient (Wildman–Crippen LogP) is 3.16. The van der Waals surface area contributed by atoms with Crippen LogP contribution in [0.1, 0.15) is 12.8 Å². The Morgan fingerprint density at radius 1 is 1.07 bits per heavy atom. The molecule has 160 valence electrons. The maximum Gasteiger partial charge on any atom is 0.422 e. The highest BCUT2D eigenvalue weighted by Gasteiger charge is 2.29. The van der Waals surface area contributed by atoms with Crippen molar-refractivity contribution in [2.45, 2.75) is 25.6 Å². The molecule has 10 heteroatoms. The van der Waals surface area contributed by atoms with Crippen molar-refractivity contribution in [1.29, 1.82) is 0 Å². The van der Waals surface area contributed by atoms with Crippen molar-refractivity contribution >= 4 is 17.0 Å². The lowest BCUT2D eigenvalue weighted by Gasteiger charge is -2.36. The Kier molecular flexibility index (Phi) is 7.07. The van der Waals surface area contributed by atoms with Crippen LogP contribution in [0, 0.1) is 0 Å². The molecule has 1 N–H and O–H groups in total. The van der Waals surface area contributed by atoms with Gasteiger partial charge in [-0.3, -0.25) is 14.3 Å². The normalized spacial score (nSPS) is 15.6. The molecule has 0 saturated carbocycles. The van der Waals surface area contributed by atoms with Crippen LogP contribution in [-0.4, -0.2) is 60.1 Å². The SMILES string of the molecule is O=c1scc(O)n1CCCCN1CCN(c2ccccc2OCC(F)(F)F)CC1. The number of alkyl halides is 3. The first-order chi connectivity index (χ1) is 13.8. The Balaban J connectivity index is 1.44. The molecule has 1 aromatic heterocycles. The fourth-order valence-electron chi connectivity index (χ4n) is 3.35. The summed E-state index contributed by atoms with van der Waals surface area (Å²) in [6.07, 6.45) is -2.68. The molecule has 0 radical (unpaired) electrons. The van der Waals surface area contributed by atoms with Gasteiger partial charge in [-0.25, -0.2) is 0 Å². The summed E-state index contributed by atoms with van der Waals surface area (Å²) in [4.78, 5) is 15.8. The minimum atomic E-state index is -4.36. The number of rotatable bonds is 8. The summed E-state index contributed by atoms with van der Waals surface area (Å²) < 4.78 is 43.8. The molecule has 6 nitrogen and oxygen atoms in total. The van der Waals surface area contributed by atoms with Crippen molar-refractivity contribution in [2.24, 2.45) is 0 Å². The van der Waals surface area contributed by atoms with Crippen molar-refractivity contribution in [2.75, 3.05) is 44.2 Å². The minimum Gasteiger partial charge on any atom is -0.494 e. The molecule has 2 heterocycles. The molecule has 0 unspecified atom stereocenters. The Morgan fingerprint density at radius 2 is 1.76 bits per heavy atom. The number of thiazole rings is 1. The second-order valence-electron chi connectivity index (χ2n) is 6.92. The van der Waals surface area contributed by atoms with E-state index in [2.05, 4.69) is 4.90 Å². The fraction of sp³-hybridized carbons (Fsp3) is 0.526. The van der Waals surface area contributed by atoms with Crippen LogP contribution in [0.3, 0.4) is 0 Å². The molecule has 1 aliphatic heterocycles. The molecule has 0 amide bonds. The van der Waals surface area contributed by atoms with Gasteiger partial charge in [-0.2, -0.15) is 13.2 Å². The zero-order valence-corrected chi connectivity index (χ0v) is 16.7. The van der Waals surface area contributed by atoms with Crippen LogP contribution in [0.4, 0.5) is 18.9 Å². The van der Waals surface area contributed by atoms with Crippen molar-refractivity contribution in [3.63, 3.8) is 0 Å². The van der Waals surface area contributed by atoms with E-state index < -0.39 is 12.8 Å². The number of aromatic hydroxyl groups is 1. The number of hydrogen-bond donors (Lipinski definition) is 1. The van der Waals surface area contributed by atoms with E-state index in [1.807, 2.05) is 4.90 Å². The van der Waals surface area contributed by atoms with Crippen LogP contribution in [-0.2, 0) is 6.54 Å². The molecule has 1 aromatic carbocycles. The predicted molar refractivity (Wildman–Crippen MR) is 106 cm³/mol. The first-order valence-corrected chi connectivity index (χ1v) is 10.3. The second-order valence-corrected chi connectivity index (χ2v) is 7.74. The van der Waals surface area contributed by atoms with Crippen LogP contribution in [0.25, 0.3) is 0 Å². The van der Waals surface area contributed by atoms with Gasteiger partial charge in [-0.05, 0) is 31.5 Å². The lowest BCUT2D eigenvalue weighted by Crippen LogP contribution is -2.46. The van der Waals surface area contributed by atoms with E-state index in [4.69, 9.17) is 4.74 Å². The highest BCUT2D eigenvalue weighted by molar-refractivity contribution is 7.07. The van der Waals surface area contributed by atoms with E-state index in [1.165, 1.54) is 9.95 Å². The molecular formula is C19H24F3N3O3S. The van der Waals surface area contributed by atoms with Crippen molar-refractivity contribution in [1.82, 2.24) is 9.47 Å². The number of para-hydroxylation sites is 2. The highest BCUT2D eigenvalue weighted by atomic mass is 32.1. The number of unbranched alkanes of at least 4 members (excludes halogenated alkanes) is 1. The fourth-order valence-corrected chi connectivity index (χ4v) is 3.99. The van der Waals surface area contributed by atoms with Crippen LogP contribution in [0.5, 0.6) is 11.6 Å². The van der Waals surface area contributed by atoms with Crippen LogP contribution in [0.2, 0.25) is 0 Å². The van der Waals surface area contributed by atoms with Crippen LogP contribution in [0.15, 0.2) is 34.4 Å². The zero-order chi connectivity index (χ0) is 20.9. The van der Waals surface area contributed by atoms with Gasteiger partial charge in [0.2, 0.25) is 5.88 Å². The molecule has 1 fully saturated rings. The summed E-state index contributed by atoms with van der Waals surface area (Å²) in [7, 11) is 0. The number of nitrogens with zero attached hydrogens (tertiary/aromatic N) is 3. The van der Waals surface area contributed by atoms with Gasteiger partial charge < -0.3 is 14.7 Å². The second kappa shape index (κ2) is 9.53. The van der Waals surface area contributed by atoms with Gasteiger partial charge in [0.1, 0.15) is 5.75 Å². The molecule has 3 rings (SSSR count). The third-order valence-corrected chi connectivity index (χ3v) is 5.59. The topological polar surface area (TPSA) is 57.9 Å². The molecule has 0 bridgehead atoms. The Hall–Kier alpha value is -2.20. The maximum absolute atomic E-state index is 12.5. The summed E-state index contributed by atoms with van der Waals surface area (Å²) in [5.41, 5.74) is 0.684. The van der Waals surface area contributed by atoms with E-state index >= 15 is 0 Å². The number of hydrogen-bond acceptors (Lipinski definition) is 6. The van der Waals surface area contributed by atoms with E-state index in [1.54, 1.807) is 24.3 Å². The number of benzene rings is 1. The van der Waals surface area contributed by atoms with Gasteiger partial charge in [0, 0.05) is 32.7 Å². The molecular weight excluding hydrogens is 407 g/mol.